The van der Waals surface area contributed by atoms with Gasteiger partial charge in [-0.1, -0.05) is 17.7 Å². The van der Waals surface area contributed by atoms with E-state index in [1.807, 2.05) is 25.1 Å². The minimum Gasteiger partial charge on any atom is -0.369 e. The number of nitrogens with zero attached hydrogens (tertiary/aromatic N) is 3. The molecule has 31 heavy (non-hydrogen) atoms. The molecule has 2 amide bonds. The lowest BCUT2D eigenvalue weighted by Crippen LogP contribution is -2.48. The standard InChI is InChI=1S/C22H27ClN4O3S/c1-17-4-5-18(23)16-21(17)25-12-14-27(15-13-25)31(29,30)20-8-6-19(7-9-20)24-22(28)26-10-2-3-11-26/h4-9,16H,2-3,10-15H2,1H3,(H,24,28). The summed E-state index contributed by atoms with van der Waals surface area (Å²) in [4.78, 5) is 16.4. The number of halogens is 1. The largest absolute Gasteiger partial charge is 0.369 e. The number of carbonyl (C=O) groups is 1. The van der Waals surface area contributed by atoms with E-state index >= 15 is 0 Å². The Morgan fingerprint density at radius 2 is 1.58 bits per heavy atom. The molecule has 0 spiro atoms. The Kier molecular flexibility index (Phi) is 6.41. The van der Waals surface area contributed by atoms with Crippen molar-refractivity contribution < 1.29 is 13.2 Å². The van der Waals surface area contributed by atoms with Gasteiger partial charge in [-0.25, -0.2) is 13.2 Å². The predicted molar refractivity (Wildman–Crippen MR) is 123 cm³/mol. The van der Waals surface area contributed by atoms with Crippen molar-refractivity contribution in [2.24, 2.45) is 0 Å². The van der Waals surface area contributed by atoms with Gasteiger partial charge >= 0.3 is 6.03 Å². The van der Waals surface area contributed by atoms with Crippen LogP contribution in [0.5, 0.6) is 0 Å². The Labute approximate surface area is 188 Å². The van der Waals surface area contributed by atoms with Crippen molar-refractivity contribution in [3.8, 4) is 0 Å². The molecule has 0 radical (unpaired) electrons. The lowest BCUT2D eigenvalue weighted by atomic mass is 10.1. The summed E-state index contributed by atoms with van der Waals surface area (Å²) in [6.45, 7) is 5.56. The van der Waals surface area contributed by atoms with Gasteiger partial charge in [0.25, 0.3) is 0 Å². The van der Waals surface area contributed by atoms with Crippen LogP contribution in [0.3, 0.4) is 0 Å². The molecule has 2 aromatic rings. The van der Waals surface area contributed by atoms with E-state index in [4.69, 9.17) is 11.6 Å². The molecule has 0 aromatic heterocycles. The number of amides is 2. The van der Waals surface area contributed by atoms with Crippen LogP contribution in [0.15, 0.2) is 47.4 Å². The van der Waals surface area contributed by atoms with Crippen LogP contribution < -0.4 is 10.2 Å². The van der Waals surface area contributed by atoms with Crippen molar-refractivity contribution >= 4 is 39.0 Å². The summed E-state index contributed by atoms with van der Waals surface area (Å²) in [5.74, 6) is 0. The first-order valence-electron chi connectivity index (χ1n) is 10.5. The molecule has 4 rings (SSSR count). The Balaban J connectivity index is 1.39. The number of carbonyl (C=O) groups excluding carboxylic acids is 1. The molecule has 2 saturated heterocycles. The first-order chi connectivity index (χ1) is 14.8. The van der Waals surface area contributed by atoms with E-state index in [2.05, 4.69) is 10.2 Å². The van der Waals surface area contributed by atoms with Gasteiger partial charge in [0.15, 0.2) is 0 Å². The number of hydrogen-bond donors (Lipinski definition) is 1. The van der Waals surface area contributed by atoms with Crippen LogP contribution in [0, 0.1) is 6.92 Å². The second-order valence-electron chi connectivity index (χ2n) is 7.97. The fraction of sp³-hybridized carbons (Fsp3) is 0.409. The third-order valence-electron chi connectivity index (χ3n) is 5.89. The zero-order valence-corrected chi connectivity index (χ0v) is 19.1. The molecular weight excluding hydrogens is 436 g/mol. The van der Waals surface area contributed by atoms with E-state index in [-0.39, 0.29) is 10.9 Å². The van der Waals surface area contributed by atoms with Gasteiger partial charge in [0.2, 0.25) is 10.0 Å². The summed E-state index contributed by atoms with van der Waals surface area (Å²) in [5, 5.41) is 3.51. The van der Waals surface area contributed by atoms with E-state index in [9.17, 15) is 13.2 Å². The Morgan fingerprint density at radius 1 is 0.935 bits per heavy atom. The summed E-state index contributed by atoms with van der Waals surface area (Å²) in [5.41, 5.74) is 2.76. The fourth-order valence-corrected chi connectivity index (χ4v) is 5.66. The second kappa shape index (κ2) is 9.06. The third-order valence-corrected chi connectivity index (χ3v) is 8.04. The topological polar surface area (TPSA) is 73.0 Å². The number of sulfonamides is 1. The number of anilines is 2. The average Bonchev–Trinajstić information content (AvgIpc) is 3.31. The van der Waals surface area contributed by atoms with E-state index in [1.165, 1.54) is 4.31 Å². The van der Waals surface area contributed by atoms with Crippen LogP contribution in [0.2, 0.25) is 5.02 Å². The minimum absolute atomic E-state index is 0.138. The highest BCUT2D eigenvalue weighted by molar-refractivity contribution is 7.89. The lowest BCUT2D eigenvalue weighted by molar-refractivity contribution is 0.222. The zero-order valence-electron chi connectivity index (χ0n) is 17.6. The molecule has 9 heteroatoms. The van der Waals surface area contributed by atoms with Gasteiger partial charge in [0.1, 0.15) is 0 Å². The van der Waals surface area contributed by atoms with E-state index in [0.717, 1.165) is 37.2 Å². The second-order valence-corrected chi connectivity index (χ2v) is 10.3. The Bertz CT molecular complexity index is 1040. The number of piperazine rings is 1. The maximum absolute atomic E-state index is 13.1. The first kappa shape index (κ1) is 21.9. The van der Waals surface area contributed by atoms with Crippen LogP contribution in [0.1, 0.15) is 18.4 Å². The molecule has 0 bridgehead atoms. The number of urea groups is 1. The van der Waals surface area contributed by atoms with Gasteiger partial charge in [-0.3, -0.25) is 0 Å². The van der Waals surface area contributed by atoms with Gasteiger partial charge in [-0.15, -0.1) is 0 Å². The van der Waals surface area contributed by atoms with E-state index < -0.39 is 10.0 Å². The molecule has 2 fully saturated rings. The fourth-order valence-electron chi connectivity index (χ4n) is 4.07. The molecule has 0 saturated carbocycles. The molecule has 1 N–H and O–H groups in total. The van der Waals surface area contributed by atoms with Gasteiger partial charge < -0.3 is 15.1 Å². The summed E-state index contributed by atoms with van der Waals surface area (Å²) < 4.78 is 27.7. The molecule has 0 atom stereocenters. The molecule has 166 valence electrons. The molecule has 2 aliphatic heterocycles. The van der Waals surface area contributed by atoms with Gasteiger partial charge in [0, 0.05) is 55.7 Å². The van der Waals surface area contributed by atoms with Crippen molar-refractivity contribution in [1.29, 1.82) is 0 Å². The number of nitrogens with one attached hydrogen (secondary N) is 1. The number of rotatable bonds is 4. The van der Waals surface area contributed by atoms with Crippen molar-refractivity contribution in [2.45, 2.75) is 24.7 Å². The number of aryl methyl sites for hydroxylation is 1. The smallest absolute Gasteiger partial charge is 0.321 e. The average molecular weight is 463 g/mol. The highest BCUT2D eigenvalue weighted by Crippen LogP contribution is 2.27. The molecule has 7 nitrogen and oxygen atoms in total. The molecule has 0 aliphatic carbocycles. The van der Waals surface area contributed by atoms with Crippen LogP contribution >= 0.6 is 11.6 Å². The zero-order chi connectivity index (χ0) is 22.0. The van der Waals surface area contributed by atoms with Crippen LogP contribution in [-0.4, -0.2) is 62.9 Å². The third kappa shape index (κ3) is 4.81. The quantitative estimate of drug-likeness (QED) is 0.750. The normalized spacial score (nSPS) is 17.7. The number of hydrogen-bond acceptors (Lipinski definition) is 4. The molecule has 2 aliphatic rings. The van der Waals surface area contributed by atoms with Crippen LogP contribution in [0.25, 0.3) is 0 Å². The molecule has 2 heterocycles. The van der Waals surface area contributed by atoms with Gasteiger partial charge in [0.05, 0.1) is 4.90 Å². The highest BCUT2D eigenvalue weighted by atomic mass is 35.5. The van der Waals surface area contributed by atoms with Crippen LogP contribution in [0.4, 0.5) is 16.2 Å². The maximum atomic E-state index is 13.1. The van der Waals surface area contributed by atoms with E-state index in [0.29, 0.717) is 36.9 Å². The predicted octanol–water partition coefficient (Wildman–Crippen LogP) is 3.79. The first-order valence-corrected chi connectivity index (χ1v) is 12.3. The van der Waals surface area contributed by atoms with Crippen molar-refractivity contribution in [3.63, 3.8) is 0 Å². The summed E-state index contributed by atoms with van der Waals surface area (Å²) >= 11 is 6.14. The SMILES string of the molecule is Cc1ccc(Cl)cc1N1CCN(S(=O)(=O)c2ccc(NC(=O)N3CCCC3)cc2)CC1. The Hall–Kier alpha value is -2.29. The summed E-state index contributed by atoms with van der Waals surface area (Å²) in [6, 6.07) is 12.0. The van der Waals surface area contributed by atoms with E-state index in [1.54, 1.807) is 29.2 Å². The summed E-state index contributed by atoms with van der Waals surface area (Å²) in [7, 11) is -3.59. The lowest BCUT2D eigenvalue weighted by Gasteiger charge is -2.36. The van der Waals surface area contributed by atoms with Crippen molar-refractivity contribution in [1.82, 2.24) is 9.21 Å². The van der Waals surface area contributed by atoms with Gasteiger partial charge in [-0.05, 0) is 61.7 Å². The minimum atomic E-state index is -3.59. The Morgan fingerprint density at radius 3 is 2.23 bits per heavy atom. The highest BCUT2D eigenvalue weighted by Gasteiger charge is 2.29. The molecule has 0 unspecified atom stereocenters. The number of likely N-dealkylation sites (tertiary alicyclic amines) is 1. The van der Waals surface area contributed by atoms with Crippen molar-refractivity contribution in [2.75, 3.05) is 49.5 Å². The maximum Gasteiger partial charge on any atom is 0.321 e. The van der Waals surface area contributed by atoms with Gasteiger partial charge in [-0.2, -0.15) is 4.31 Å². The van der Waals surface area contributed by atoms with Crippen molar-refractivity contribution in [3.05, 3.63) is 53.1 Å². The monoisotopic (exact) mass is 462 g/mol. The van der Waals surface area contributed by atoms with Crippen LogP contribution in [-0.2, 0) is 10.0 Å². The molecule has 2 aromatic carbocycles. The number of benzene rings is 2. The summed E-state index contributed by atoms with van der Waals surface area (Å²) in [6.07, 6.45) is 2.05. The molecular formula is C22H27ClN4O3S.